The monoisotopic (exact) mass is 451 g/mol. The molecule has 3 unspecified atom stereocenters. The van der Waals surface area contributed by atoms with Crippen LogP contribution in [0.5, 0.6) is 0 Å². The number of alkyl halides is 2. The molecule has 3 N–H and O–H groups in total. The van der Waals surface area contributed by atoms with E-state index in [9.17, 15) is 18.0 Å². The third-order valence-electron chi connectivity index (χ3n) is 5.54. The van der Waals surface area contributed by atoms with Gasteiger partial charge in [-0.05, 0) is 24.1 Å². The number of halogens is 3. The highest BCUT2D eigenvalue weighted by Crippen LogP contribution is 2.47. The lowest BCUT2D eigenvalue weighted by Crippen LogP contribution is -2.51. The van der Waals surface area contributed by atoms with Gasteiger partial charge in [0.2, 0.25) is 0 Å². The van der Waals surface area contributed by atoms with Crippen molar-refractivity contribution in [1.82, 2.24) is 9.97 Å². The topological polar surface area (TPSA) is 102 Å². The van der Waals surface area contributed by atoms with Gasteiger partial charge in [0.1, 0.15) is 22.7 Å². The van der Waals surface area contributed by atoms with Crippen LogP contribution in [0.25, 0.3) is 0 Å². The molecular weight excluding hydrogens is 431 g/mol. The molecule has 1 aromatic carbocycles. The highest BCUT2D eigenvalue weighted by molar-refractivity contribution is 8.13. The van der Waals surface area contributed by atoms with Gasteiger partial charge in [0.05, 0.1) is 19.0 Å². The smallest absolute Gasteiger partial charge is 0.281 e. The van der Waals surface area contributed by atoms with Gasteiger partial charge in [0, 0.05) is 29.5 Å². The van der Waals surface area contributed by atoms with E-state index in [0.29, 0.717) is 23.2 Å². The van der Waals surface area contributed by atoms with E-state index in [1.807, 2.05) is 6.92 Å². The number of carbonyl (C=O) groups is 1. The van der Waals surface area contributed by atoms with Crippen LogP contribution in [0.15, 0.2) is 35.6 Å². The molecule has 1 saturated heterocycles. The maximum absolute atomic E-state index is 15.0. The Hall–Kier alpha value is -2.66. The number of nitrogens with one attached hydrogen (secondary N) is 1. The van der Waals surface area contributed by atoms with Gasteiger partial charge in [-0.3, -0.25) is 9.78 Å². The van der Waals surface area contributed by atoms with Gasteiger partial charge in [-0.15, -0.1) is 0 Å². The van der Waals surface area contributed by atoms with Crippen molar-refractivity contribution >= 4 is 28.5 Å². The summed E-state index contributed by atoms with van der Waals surface area (Å²) < 4.78 is 46.0. The maximum Gasteiger partial charge on any atom is 0.281 e. The SMILES string of the molecule is CC1COCC2(c3cc(NC(=O)c4cnc(C(F)F)cn4)ccc3F)N=C(N)SCC12. The summed E-state index contributed by atoms with van der Waals surface area (Å²) in [5, 5.41) is 2.97. The minimum Gasteiger partial charge on any atom is -0.379 e. The molecule has 4 rings (SSSR count). The standard InChI is InChI=1S/C20H20F3N5O2S/c1-10-7-30-9-20(13(10)8-31-19(24)28-20)12-4-11(2-3-14(12)21)27-18(29)16-6-25-15(5-26-16)17(22)23/h2-6,10,13,17H,7-9H2,1H3,(H2,24,28)(H,27,29). The predicted octanol–water partition coefficient (Wildman–Crippen LogP) is 3.34. The number of benzene rings is 1. The van der Waals surface area contributed by atoms with Crippen molar-refractivity contribution in [3.63, 3.8) is 0 Å². The van der Waals surface area contributed by atoms with Gasteiger partial charge in [0.15, 0.2) is 5.17 Å². The van der Waals surface area contributed by atoms with E-state index in [0.717, 1.165) is 12.4 Å². The minimum atomic E-state index is -2.78. The fourth-order valence-electron chi connectivity index (χ4n) is 3.95. The van der Waals surface area contributed by atoms with E-state index >= 15 is 0 Å². The molecule has 3 heterocycles. The number of amides is 1. The Morgan fingerprint density at radius 3 is 2.87 bits per heavy atom. The average molecular weight is 451 g/mol. The number of nitrogens with two attached hydrogens (primary N) is 1. The second-order valence-corrected chi connectivity index (χ2v) is 8.60. The number of fused-ring (bicyclic) bond motifs is 1. The van der Waals surface area contributed by atoms with Crippen molar-refractivity contribution in [1.29, 1.82) is 0 Å². The first kappa shape index (κ1) is 21.6. The van der Waals surface area contributed by atoms with Crippen LogP contribution in [0.2, 0.25) is 0 Å². The van der Waals surface area contributed by atoms with E-state index in [2.05, 4.69) is 20.3 Å². The highest BCUT2D eigenvalue weighted by atomic mass is 32.2. The second-order valence-electron chi connectivity index (χ2n) is 7.56. The van der Waals surface area contributed by atoms with Crippen molar-refractivity contribution in [2.24, 2.45) is 22.6 Å². The first-order valence-corrected chi connectivity index (χ1v) is 10.6. The minimum absolute atomic E-state index is 0.00626. The Labute approximate surface area is 180 Å². The molecule has 1 fully saturated rings. The summed E-state index contributed by atoms with van der Waals surface area (Å²) in [6, 6.07) is 4.16. The lowest BCUT2D eigenvalue weighted by Gasteiger charge is -2.47. The summed E-state index contributed by atoms with van der Waals surface area (Å²) in [5.74, 6) is -0.311. The number of aliphatic imine (C=N–C) groups is 1. The first-order valence-electron chi connectivity index (χ1n) is 9.57. The molecule has 164 valence electrons. The van der Waals surface area contributed by atoms with Crippen LogP contribution in [-0.2, 0) is 10.3 Å². The van der Waals surface area contributed by atoms with Crippen LogP contribution in [0.1, 0.15) is 35.1 Å². The van der Waals surface area contributed by atoms with Crippen LogP contribution in [0.3, 0.4) is 0 Å². The molecule has 0 radical (unpaired) electrons. The number of amidine groups is 1. The molecule has 31 heavy (non-hydrogen) atoms. The average Bonchev–Trinajstić information content (AvgIpc) is 2.75. The number of nitrogens with zero attached hydrogens (tertiary/aromatic N) is 3. The number of hydrogen-bond donors (Lipinski definition) is 2. The van der Waals surface area contributed by atoms with E-state index in [1.54, 1.807) is 0 Å². The Morgan fingerprint density at radius 1 is 1.35 bits per heavy atom. The Balaban J connectivity index is 1.65. The Kier molecular flexibility index (Phi) is 5.89. The molecule has 2 aromatic rings. The second kappa shape index (κ2) is 8.46. The van der Waals surface area contributed by atoms with Crippen LogP contribution < -0.4 is 11.1 Å². The molecule has 2 aliphatic rings. The van der Waals surface area contributed by atoms with E-state index in [-0.39, 0.29) is 29.7 Å². The largest absolute Gasteiger partial charge is 0.379 e. The summed E-state index contributed by atoms with van der Waals surface area (Å²) in [5.41, 5.74) is 4.92. The summed E-state index contributed by atoms with van der Waals surface area (Å²) >= 11 is 1.43. The zero-order valence-corrected chi connectivity index (χ0v) is 17.3. The molecule has 11 heteroatoms. The van der Waals surface area contributed by atoms with Crippen molar-refractivity contribution in [2.45, 2.75) is 18.9 Å². The van der Waals surface area contributed by atoms with Crippen LogP contribution in [0, 0.1) is 17.7 Å². The molecule has 0 bridgehead atoms. The molecule has 1 amide bonds. The summed E-state index contributed by atoms with van der Waals surface area (Å²) in [6.07, 6.45) is -0.967. The molecule has 0 spiro atoms. The van der Waals surface area contributed by atoms with Crippen molar-refractivity contribution in [2.75, 3.05) is 24.3 Å². The molecular formula is C20H20F3N5O2S. The third kappa shape index (κ3) is 4.11. The molecule has 1 aromatic heterocycles. The van der Waals surface area contributed by atoms with Gasteiger partial charge in [-0.25, -0.2) is 23.1 Å². The van der Waals surface area contributed by atoms with Gasteiger partial charge >= 0.3 is 0 Å². The van der Waals surface area contributed by atoms with Crippen LogP contribution >= 0.6 is 11.8 Å². The van der Waals surface area contributed by atoms with Crippen molar-refractivity contribution < 1.29 is 22.7 Å². The van der Waals surface area contributed by atoms with Crippen molar-refractivity contribution in [3.05, 3.63) is 53.4 Å². The third-order valence-corrected chi connectivity index (χ3v) is 6.46. The lowest BCUT2D eigenvalue weighted by molar-refractivity contribution is -0.0339. The Bertz CT molecular complexity index is 1020. The lowest BCUT2D eigenvalue weighted by atomic mass is 9.72. The Morgan fingerprint density at radius 2 is 2.16 bits per heavy atom. The maximum atomic E-state index is 15.0. The molecule has 2 aliphatic heterocycles. The predicted molar refractivity (Wildman–Crippen MR) is 111 cm³/mol. The summed E-state index contributed by atoms with van der Waals surface area (Å²) in [6.45, 7) is 2.76. The van der Waals surface area contributed by atoms with Gasteiger partial charge in [-0.2, -0.15) is 0 Å². The van der Waals surface area contributed by atoms with E-state index in [4.69, 9.17) is 10.5 Å². The molecule has 7 nitrogen and oxygen atoms in total. The molecule has 3 atom stereocenters. The van der Waals surface area contributed by atoms with Gasteiger partial charge < -0.3 is 15.8 Å². The number of aromatic nitrogens is 2. The van der Waals surface area contributed by atoms with Gasteiger partial charge in [-0.1, -0.05) is 18.7 Å². The van der Waals surface area contributed by atoms with Crippen molar-refractivity contribution in [3.8, 4) is 0 Å². The highest BCUT2D eigenvalue weighted by Gasteiger charge is 2.50. The molecule has 0 aliphatic carbocycles. The van der Waals surface area contributed by atoms with Crippen LogP contribution in [0.4, 0.5) is 18.9 Å². The number of anilines is 1. The number of thioether (sulfide) groups is 1. The number of hydrogen-bond acceptors (Lipinski definition) is 7. The molecule has 0 saturated carbocycles. The number of ether oxygens (including phenoxy) is 1. The summed E-state index contributed by atoms with van der Waals surface area (Å²) in [4.78, 5) is 24.3. The van der Waals surface area contributed by atoms with E-state index < -0.39 is 29.4 Å². The fourth-order valence-corrected chi connectivity index (χ4v) is 5.13. The zero-order chi connectivity index (χ0) is 22.2. The fraction of sp³-hybridized carbons (Fsp3) is 0.400. The van der Waals surface area contributed by atoms with E-state index in [1.165, 1.54) is 30.0 Å². The van der Waals surface area contributed by atoms with Crippen LogP contribution in [-0.4, -0.2) is 40.0 Å². The number of carbonyl (C=O) groups excluding carboxylic acids is 1. The normalized spacial score (nSPS) is 25.6. The summed E-state index contributed by atoms with van der Waals surface area (Å²) in [7, 11) is 0. The zero-order valence-electron chi connectivity index (χ0n) is 16.5. The number of rotatable bonds is 4. The quantitative estimate of drug-likeness (QED) is 0.739. The van der Waals surface area contributed by atoms with Gasteiger partial charge in [0.25, 0.3) is 12.3 Å². The first-order chi connectivity index (χ1) is 14.8.